The van der Waals surface area contributed by atoms with Gasteiger partial charge in [-0.05, 0) is 85.0 Å². The SMILES string of the molecule is CCCc1cccc(-c2c(Oc3ccc(OC)c(OCCCCBr)c3-c3cccc(CCC)c3)ccc(OC)c2OCCCCBr)c1. The molecule has 0 atom stereocenters. The van der Waals surface area contributed by atoms with E-state index in [1.807, 2.05) is 24.3 Å². The molecule has 0 N–H and O–H groups in total. The molecule has 252 valence electrons. The highest BCUT2D eigenvalue weighted by Crippen LogP contribution is 2.50. The van der Waals surface area contributed by atoms with Gasteiger partial charge in [0.15, 0.2) is 23.0 Å². The highest BCUT2D eigenvalue weighted by atomic mass is 79.9. The Bertz CT molecular complexity index is 1440. The molecule has 0 aromatic heterocycles. The van der Waals surface area contributed by atoms with Crippen molar-refractivity contribution in [2.45, 2.75) is 65.2 Å². The molecule has 0 heterocycles. The van der Waals surface area contributed by atoms with Crippen molar-refractivity contribution in [3.8, 4) is 56.8 Å². The molecule has 0 bridgehead atoms. The Morgan fingerprint density at radius 3 is 1.34 bits per heavy atom. The number of benzene rings is 4. The lowest BCUT2D eigenvalue weighted by molar-refractivity contribution is 0.287. The van der Waals surface area contributed by atoms with Crippen LogP contribution in [0.3, 0.4) is 0 Å². The lowest BCUT2D eigenvalue weighted by atomic mass is 9.98. The fourth-order valence-electron chi connectivity index (χ4n) is 5.62. The van der Waals surface area contributed by atoms with E-state index in [0.29, 0.717) is 47.7 Å². The van der Waals surface area contributed by atoms with Gasteiger partial charge in [-0.1, -0.05) is 107 Å². The zero-order chi connectivity index (χ0) is 33.4. The van der Waals surface area contributed by atoms with Gasteiger partial charge in [-0.15, -0.1) is 0 Å². The first-order valence-corrected chi connectivity index (χ1v) is 19.0. The second-order valence-electron chi connectivity index (χ2n) is 11.4. The maximum absolute atomic E-state index is 7.00. The van der Waals surface area contributed by atoms with Crippen molar-refractivity contribution in [1.29, 1.82) is 0 Å². The minimum absolute atomic E-state index is 0.567. The Hall–Kier alpha value is -3.16. The van der Waals surface area contributed by atoms with Crippen molar-refractivity contribution in [3.63, 3.8) is 0 Å². The summed E-state index contributed by atoms with van der Waals surface area (Å²) >= 11 is 7.09. The second kappa shape index (κ2) is 19.6. The van der Waals surface area contributed by atoms with E-state index < -0.39 is 0 Å². The van der Waals surface area contributed by atoms with Gasteiger partial charge in [0.1, 0.15) is 11.5 Å². The summed E-state index contributed by atoms with van der Waals surface area (Å²) in [5.41, 5.74) is 6.30. The number of aryl methyl sites for hydroxylation is 2. The maximum Gasteiger partial charge on any atom is 0.172 e. The van der Waals surface area contributed by atoms with E-state index >= 15 is 0 Å². The average molecular weight is 769 g/mol. The minimum atomic E-state index is 0.567. The standard InChI is InChI=1S/C40H48Br2O5/c1-5-13-29-15-11-17-31(27-29)37-33(19-21-35(43-3)39(37)45-25-9-7-23-41)47-34-20-22-36(44-4)40(46-26-10-8-24-42)38(34)32-18-12-16-30(28-32)14-6-2/h11-12,15-22,27-28H,5-10,13-14,23-26H2,1-4H3. The summed E-state index contributed by atoms with van der Waals surface area (Å²) in [5, 5.41) is 1.87. The lowest BCUT2D eigenvalue weighted by Gasteiger charge is -2.22. The summed E-state index contributed by atoms with van der Waals surface area (Å²) in [6, 6.07) is 25.1. The molecule has 0 saturated carbocycles. The Morgan fingerprint density at radius 1 is 0.532 bits per heavy atom. The van der Waals surface area contributed by atoms with Crippen LogP contribution in [0.25, 0.3) is 22.3 Å². The maximum atomic E-state index is 7.00. The van der Waals surface area contributed by atoms with Gasteiger partial charge in [0.2, 0.25) is 0 Å². The van der Waals surface area contributed by atoms with E-state index in [4.69, 9.17) is 23.7 Å². The van der Waals surface area contributed by atoms with Crippen LogP contribution in [-0.4, -0.2) is 38.1 Å². The molecule has 7 heteroatoms. The molecular weight excluding hydrogens is 720 g/mol. The van der Waals surface area contributed by atoms with Gasteiger partial charge in [0.25, 0.3) is 0 Å². The molecule has 0 aliphatic rings. The first kappa shape index (κ1) is 36.7. The van der Waals surface area contributed by atoms with Crippen molar-refractivity contribution < 1.29 is 23.7 Å². The number of alkyl halides is 2. The van der Waals surface area contributed by atoms with E-state index in [2.05, 4.69) is 94.2 Å². The van der Waals surface area contributed by atoms with Gasteiger partial charge in [0.05, 0.1) is 38.6 Å². The van der Waals surface area contributed by atoms with Gasteiger partial charge in [0, 0.05) is 10.7 Å². The molecule has 0 saturated heterocycles. The van der Waals surface area contributed by atoms with Gasteiger partial charge in [-0.2, -0.15) is 0 Å². The number of methoxy groups -OCH3 is 2. The van der Waals surface area contributed by atoms with Crippen LogP contribution < -0.4 is 23.7 Å². The monoisotopic (exact) mass is 766 g/mol. The molecule has 4 aromatic rings. The van der Waals surface area contributed by atoms with Crippen LogP contribution in [0.4, 0.5) is 0 Å². The van der Waals surface area contributed by atoms with E-state index in [-0.39, 0.29) is 0 Å². The predicted octanol–water partition coefficient (Wildman–Crippen LogP) is 11.8. The topological polar surface area (TPSA) is 46.2 Å². The fourth-order valence-corrected chi connectivity index (χ4v) is 6.41. The smallest absolute Gasteiger partial charge is 0.172 e. The molecule has 4 aromatic carbocycles. The zero-order valence-corrected chi connectivity index (χ0v) is 31.4. The van der Waals surface area contributed by atoms with Crippen molar-refractivity contribution >= 4 is 31.9 Å². The van der Waals surface area contributed by atoms with Crippen molar-refractivity contribution in [1.82, 2.24) is 0 Å². The molecule has 0 aliphatic carbocycles. The van der Waals surface area contributed by atoms with Gasteiger partial charge < -0.3 is 23.7 Å². The third kappa shape index (κ3) is 9.93. The van der Waals surface area contributed by atoms with E-state index in [1.165, 1.54) is 11.1 Å². The van der Waals surface area contributed by atoms with Gasteiger partial charge in [-0.25, -0.2) is 0 Å². The van der Waals surface area contributed by atoms with Crippen LogP contribution in [0.1, 0.15) is 63.5 Å². The van der Waals surface area contributed by atoms with Crippen molar-refractivity contribution in [2.75, 3.05) is 38.1 Å². The molecular formula is C40H48Br2O5. The highest BCUT2D eigenvalue weighted by Gasteiger charge is 2.24. The number of hydrogen-bond donors (Lipinski definition) is 0. The van der Waals surface area contributed by atoms with Crippen LogP contribution in [0.15, 0.2) is 72.8 Å². The molecule has 5 nitrogen and oxygen atoms in total. The van der Waals surface area contributed by atoms with Crippen LogP contribution in [0, 0.1) is 0 Å². The van der Waals surface area contributed by atoms with Crippen LogP contribution >= 0.6 is 31.9 Å². The third-order valence-corrected chi connectivity index (χ3v) is 9.01. The predicted molar refractivity (Wildman–Crippen MR) is 202 cm³/mol. The van der Waals surface area contributed by atoms with Crippen LogP contribution in [0.2, 0.25) is 0 Å². The Kier molecular flexibility index (Phi) is 15.3. The summed E-state index contributed by atoms with van der Waals surface area (Å²) in [5.74, 6) is 4.06. The van der Waals surface area contributed by atoms with Gasteiger partial charge >= 0.3 is 0 Å². The van der Waals surface area contributed by atoms with Crippen LogP contribution in [-0.2, 0) is 12.8 Å². The summed E-state index contributed by atoms with van der Waals surface area (Å²) in [7, 11) is 3.37. The molecule has 0 radical (unpaired) electrons. The second-order valence-corrected chi connectivity index (χ2v) is 13.0. The lowest BCUT2D eigenvalue weighted by Crippen LogP contribution is -2.04. The number of ether oxygens (including phenoxy) is 5. The fraction of sp³-hybridized carbons (Fsp3) is 0.400. The quantitative estimate of drug-likeness (QED) is 0.0662. The largest absolute Gasteiger partial charge is 0.493 e. The number of rotatable bonds is 20. The number of unbranched alkanes of at least 4 members (excludes halogenated alkanes) is 2. The Balaban J connectivity index is 1.92. The minimum Gasteiger partial charge on any atom is -0.493 e. The molecule has 0 unspecified atom stereocenters. The molecule has 0 spiro atoms. The van der Waals surface area contributed by atoms with Crippen molar-refractivity contribution in [2.24, 2.45) is 0 Å². The van der Waals surface area contributed by atoms with Gasteiger partial charge in [-0.3, -0.25) is 0 Å². The zero-order valence-electron chi connectivity index (χ0n) is 28.2. The normalized spacial score (nSPS) is 10.9. The van der Waals surface area contributed by atoms with Crippen LogP contribution in [0.5, 0.6) is 34.5 Å². The van der Waals surface area contributed by atoms with E-state index in [0.717, 1.165) is 84.3 Å². The summed E-state index contributed by atoms with van der Waals surface area (Å²) < 4.78 is 31.7. The molecule has 0 amide bonds. The number of halogens is 2. The highest BCUT2D eigenvalue weighted by molar-refractivity contribution is 9.09. The Morgan fingerprint density at radius 2 is 0.957 bits per heavy atom. The van der Waals surface area contributed by atoms with E-state index in [9.17, 15) is 0 Å². The molecule has 0 aliphatic heterocycles. The first-order chi connectivity index (χ1) is 23.1. The average Bonchev–Trinajstić information content (AvgIpc) is 3.09. The summed E-state index contributed by atoms with van der Waals surface area (Å²) in [6.07, 6.45) is 7.97. The summed E-state index contributed by atoms with van der Waals surface area (Å²) in [6.45, 7) is 5.53. The van der Waals surface area contributed by atoms with Crippen molar-refractivity contribution in [3.05, 3.63) is 83.9 Å². The third-order valence-electron chi connectivity index (χ3n) is 7.88. The number of hydrogen-bond acceptors (Lipinski definition) is 5. The molecule has 0 fully saturated rings. The van der Waals surface area contributed by atoms with E-state index in [1.54, 1.807) is 14.2 Å². The molecule has 47 heavy (non-hydrogen) atoms. The molecule has 4 rings (SSSR count). The first-order valence-electron chi connectivity index (χ1n) is 16.7. The Labute approximate surface area is 298 Å². The summed E-state index contributed by atoms with van der Waals surface area (Å²) in [4.78, 5) is 0.